The molecule has 0 unspecified atom stereocenters. The minimum absolute atomic E-state index is 0.0801. The number of nitrogens with zero attached hydrogens (tertiary/aromatic N) is 1. The fraction of sp³-hybridized carbons (Fsp3) is 0.733. The summed E-state index contributed by atoms with van der Waals surface area (Å²) in [6.07, 6.45) is -0.339. The van der Waals surface area contributed by atoms with E-state index in [4.69, 9.17) is 11.3 Å². The average molecular weight is 312 g/mol. The zero-order chi connectivity index (χ0) is 17.3. The van der Waals surface area contributed by atoms with Crippen molar-refractivity contribution in [3.05, 3.63) is 11.4 Å². The number of methoxy groups -OCH3 is 1. The first kappa shape index (κ1) is 19.9. The number of alkyl carbamates (subject to hydrolysis) is 1. The Morgan fingerprint density at radius 2 is 1.86 bits per heavy atom. The van der Waals surface area contributed by atoms with Gasteiger partial charge < -0.3 is 19.6 Å². The number of amides is 1. The fourth-order valence-corrected chi connectivity index (χ4v) is 1.80. The number of nitrogens with one attached hydrogen (secondary N) is 1. The van der Waals surface area contributed by atoms with E-state index in [1.807, 2.05) is 0 Å². The highest BCUT2D eigenvalue weighted by molar-refractivity contribution is 5.83. The van der Waals surface area contributed by atoms with E-state index in [-0.39, 0.29) is 18.7 Å². The summed E-state index contributed by atoms with van der Waals surface area (Å²) in [4.78, 5) is 38.4. The monoisotopic (exact) mass is 312 g/mol. The zero-order valence-electron chi connectivity index (χ0n) is 13.8. The van der Waals surface area contributed by atoms with E-state index < -0.39 is 29.6 Å². The Morgan fingerprint density at radius 1 is 1.27 bits per heavy atom. The van der Waals surface area contributed by atoms with Crippen LogP contribution in [0.4, 0.5) is 4.79 Å². The lowest BCUT2D eigenvalue weighted by Crippen LogP contribution is -2.45. The van der Waals surface area contributed by atoms with Crippen LogP contribution in [0, 0.1) is 12.5 Å². The van der Waals surface area contributed by atoms with Gasteiger partial charge in [-0.25, -0.2) is 16.2 Å². The Hall–Kier alpha value is -2.10. The molecule has 0 aliphatic carbocycles. The number of carbonyl (C=O) groups excluding carboxylic acids is 3. The van der Waals surface area contributed by atoms with Gasteiger partial charge in [0.1, 0.15) is 17.4 Å². The molecule has 0 aromatic heterocycles. The number of carbonyl (C=O) groups is 3. The predicted molar refractivity (Wildman–Crippen MR) is 80.0 cm³/mol. The van der Waals surface area contributed by atoms with Crippen molar-refractivity contribution in [2.45, 2.75) is 52.2 Å². The number of ether oxygens (including phenoxy) is 2. The van der Waals surface area contributed by atoms with Crippen molar-refractivity contribution in [3.8, 4) is 0 Å². The largest absolute Gasteiger partial charge is 0.467 e. The maximum atomic E-state index is 11.8. The van der Waals surface area contributed by atoms with Gasteiger partial charge in [-0.1, -0.05) is 0 Å². The highest BCUT2D eigenvalue weighted by Crippen LogP contribution is 2.15. The second-order valence-electron chi connectivity index (χ2n) is 5.94. The summed E-state index contributed by atoms with van der Waals surface area (Å²) in [5.41, 5.74) is -0.700. The molecule has 0 spiro atoms. The summed E-state index contributed by atoms with van der Waals surface area (Å²) in [5.74, 6) is -1.28. The number of ketones is 1. The van der Waals surface area contributed by atoms with Gasteiger partial charge in [0.25, 0.3) is 0 Å². The van der Waals surface area contributed by atoms with Crippen LogP contribution in [0.1, 0.15) is 40.5 Å². The summed E-state index contributed by atoms with van der Waals surface area (Å²) in [5, 5.41) is 2.42. The molecule has 0 heterocycles. The minimum Gasteiger partial charge on any atom is -0.467 e. The van der Waals surface area contributed by atoms with Gasteiger partial charge in [-0.3, -0.25) is 4.79 Å². The highest BCUT2D eigenvalue weighted by atomic mass is 16.6. The molecule has 1 N–H and O–H groups in total. The van der Waals surface area contributed by atoms with Crippen LogP contribution in [0.3, 0.4) is 0 Å². The quantitative estimate of drug-likeness (QED) is 0.573. The lowest BCUT2D eigenvalue weighted by Gasteiger charge is -2.24. The SMILES string of the molecule is [C-]#[N+]CC[C@@H](C[C@H](NC(=O)OC(C)(C)C)C(=O)OC)C(C)=O. The lowest BCUT2D eigenvalue weighted by atomic mass is 9.93. The number of esters is 1. The summed E-state index contributed by atoms with van der Waals surface area (Å²) in [6.45, 7) is 13.5. The molecular formula is C15H24N2O5. The Bertz CT molecular complexity index is 448. The molecule has 22 heavy (non-hydrogen) atoms. The van der Waals surface area contributed by atoms with E-state index in [2.05, 4.69) is 14.9 Å². The van der Waals surface area contributed by atoms with E-state index in [1.165, 1.54) is 14.0 Å². The summed E-state index contributed by atoms with van der Waals surface area (Å²) in [7, 11) is 1.20. The molecule has 7 heteroatoms. The first-order valence-corrected chi connectivity index (χ1v) is 7.01. The Balaban J connectivity index is 4.90. The third-order valence-electron chi connectivity index (χ3n) is 2.86. The zero-order valence-corrected chi connectivity index (χ0v) is 13.8. The van der Waals surface area contributed by atoms with Crippen LogP contribution in [0.2, 0.25) is 0 Å². The first-order chi connectivity index (χ1) is 10.1. The molecule has 0 aromatic rings. The molecule has 2 atom stereocenters. The molecule has 7 nitrogen and oxygen atoms in total. The molecule has 0 aromatic carbocycles. The Kier molecular flexibility index (Phi) is 8.17. The number of hydrogen-bond donors (Lipinski definition) is 1. The first-order valence-electron chi connectivity index (χ1n) is 7.01. The molecule has 1 amide bonds. The third-order valence-corrected chi connectivity index (χ3v) is 2.86. The van der Waals surface area contributed by atoms with Gasteiger partial charge in [-0.2, -0.15) is 0 Å². The van der Waals surface area contributed by atoms with Crippen molar-refractivity contribution in [2.24, 2.45) is 5.92 Å². The molecular weight excluding hydrogens is 288 g/mol. The van der Waals surface area contributed by atoms with E-state index in [9.17, 15) is 14.4 Å². The van der Waals surface area contributed by atoms with Crippen LogP contribution in [-0.4, -0.2) is 43.1 Å². The fourth-order valence-electron chi connectivity index (χ4n) is 1.80. The van der Waals surface area contributed by atoms with Crippen molar-refractivity contribution >= 4 is 17.8 Å². The Labute approximate surface area is 131 Å². The van der Waals surface area contributed by atoms with E-state index in [0.29, 0.717) is 6.42 Å². The third kappa shape index (κ3) is 8.25. The van der Waals surface area contributed by atoms with Gasteiger partial charge in [0.15, 0.2) is 0 Å². The normalized spacial score (nSPS) is 13.5. The smallest absolute Gasteiger partial charge is 0.408 e. The van der Waals surface area contributed by atoms with Crippen LogP contribution in [0.5, 0.6) is 0 Å². The summed E-state index contributed by atoms with van der Waals surface area (Å²) < 4.78 is 9.74. The molecule has 0 rings (SSSR count). The molecule has 0 saturated heterocycles. The van der Waals surface area contributed by atoms with Gasteiger partial charge in [-0.15, -0.1) is 0 Å². The molecule has 0 fully saturated rings. The second-order valence-corrected chi connectivity index (χ2v) is 5.94. The summed E-state index contributed by atoms with van der Waals surface area (Å²) in [6, 6.07) is -0.987. The maximum absolute atomic E-state index is 11.8. The van der Waals surface area contributed by atoms with E-state index in [0.717, 1.165) is 0 Å². The average Bonchev–Trinajstić information content (AvgIpc) is 2.38. The maximum Gasteiger partial charge on any atom is 0.408 e. The van der Waals surface area contributed by atoms with Crippen molar-refractivity contribution in [3.63, 3.8) is 0 Å². The van der Waals surface area contributed by atoms with Crippen molar-refractivity contribution in [1.82, 2.24) is 5.32 Å². The number of hydrogen-bond acceptors (Lipinski definition) is 5. The van der Waals surface area contributed by atoms with Gasteiger partial charge in [-0.05, 0) is 34.1 Å². The predicted octanol–water partition coefficient (Wildman–Crippen LogP) is 1.96. The molecule has 0 saturated carbocycles. The van der Waals surface area contributed by atoms with Gasteiger partial charge in [0.2, 0.25) is 6.54 Å². The van der Waals surface area contributed by atoms with Crippen LogP contribution < -0.4 is 5.32 Å². The van der Waals surface area contributed by atoms with Crippen molar-refractivity contribution in [1.29, 1.82) is 0 Å². The van der Waals surface area contributed by atoms with Crippen LogP contribution >= 0.6 is 0 Å². The number of Topliss-reactive ketones (excluding diaryl/α,β-unsaturated/α-hetero) is 1. The standard InChI is InChI=1S/C15H24N2O5/c1-10(18)11(7-8-16-5)9-12(13(19)21-6)17-14(20)22-15(2,3)4/h11-12H,7-9H2,1-4,6H3,(H,17,20)/t11-,12-/m0/s1. The van der Waals surface area contributed by atoms with Crippen LogP contribution in [0.15, 0.2) is 0 Å². The van der Waals surface area contributed by atoms with E-state index in [1.54, 1.807) is 20.8 Å². The molecule has 124 valence electrons. The van der Waals surface area contributed by atoms with Crippen molar-refractivity contribution in [2.75, 3.05) is 13.7 Å². The number of rotatable bonds is 7. The molecule has 0 bridgehead atoms. The van der Waals surface area contributed by atoms with E-state index >= 15 is 0 Å². The topological polar surface area (TPSA) is 86.1 Å². The second kappa shape index (κ2) is 9.03. The van der Waals surface area contributed by atoms with Crippen molar-refractivity contribution < 1.29 is 23.9 Å². The lowest BCUT2D eigenvalue weighted by molar-refractivity contribution is -0.143. The molecule has 0 radical (unpaired) electrons. The van der Waals surface area contributed by atoms with Gasteiger partial charge in [0, 0.05) is 12.3 Å². The summed E-state index contributed by atoms with van der Waals surface area (Å²) >= 11 is 0. The minimum atomic E-state index is -0.987. The van der Waals surface area contributed by atoms with Gasteiger partial charge >= 0.3 is 12.1 Å². The Morgan fingerprint density at radius 3 is 2.27 bits per heavy atom. The molecule has 0 aliphatic heterocycles. The van der Waals surface area contributed by atoms with Crippen LogP contribution in [-0.2, 0) is 19.1 Å². The van der Waals surface area contributed by atoms with Crippen LogP contribution in [0.25, 0.3) is 4.85 Å². The van der Waals surface area contributed by atoms with Gasteiger partial charge in [0.05, 0.1) is 7.11 Å². The molecule has 0 aliphatic rings. The highest BCUT2D eigenvalue weighted by Gasteiger charge is 2.29.